The average Bonchev–Trinajstić information content (AvgIpc) is 2.66. The lowest BCUT2D eigenvalue weighted by atomic mass is 10.1. The molecule has 0 spiro atoms. The third kappa shape index (κ3) is 1.97. The van der Waals surface area contributed by atoms with Crippen LogP contribution in [-0.2, 0) is 0 Å². The highest BCUT2D eigenvalue weighted by atomic mass is 19.1. The summed E-state index contributed by atoms with van der Waals surface area (Å²) in [5, 5.41) is 0. The summed E-state index contributed by atoms with van der Waals surface area (Å²) >= 11 is 0. The largest absolute Gasteiger partial charge is 0.439 e. The molecule has 84 valence electrons. The van der Waals surface area contributed by atoms with E-state index in [2.05, 4.69) is 4.98 Å². The maximum Gasteiger partial charge on any atom is 0.211 e. The molecule has 1 atom stereocenters. The molecule has 0 fully saturated rings. The van der Waals surface area contributed by atoms with Crippen LogP contribution in [0.1, 0.15) is 24.4 Å². The minimum atomic E-state index is -0.313. The zero-order valence-electron chi connectivity index (χ0n) is 9.20. The van der Waals surface area contributed by atoms with E-state index < -0.39 is 0 Å². The highest BCUT2D eigenvalue weighted by Gasteiger charge is 2.12. The number of hydrogen-bond donors (Lipinski definition) is 1. The molecule has 0 bridgehead atoms. The van der Waals surface area contributed by atoms with Crippen molar-refractivity contribution < 1.29 is 8.81 Å². The van der Waals surface area contributed by atoms with Gasteiger partial charge in [-0.1, -0.05) is 6.07 Å². The maximum atomic E-state index is 13.6. The van der Waals surface area contributed by atoms with Gasteiger partial charge in [-0.05, 0) is 31.5 Å². The van der Waals surface area contributed by atoms with Gasteiger partial charge in [-0.25, -0.2) is 9.37 Å². The Morgan fingerprint density at radius 2 is 2.19 bits per heavy atom. The van der Waals surface area contributed by atoms with Crippen molar-refractivity contribution in [3.8, 4) is 11.3 Å². The van der Waals surface area contributed by atoms with Crippen molar-refractivity contribution >= 4 is 0 Å². The van der Waals surface area contributed by atoms with Gasteiger partial charge in [0.25, 0.3) is 0 Å². The Bertz CT molecular complexity index is 505. The molecule has 0 aliphatic rings. The Balaban J connectivity index is 2.42. The minimum Gasteiger partial charge on any atom is -0.439 e. The Kier molecular flexibility index (Phi) is 2.75. The molecule has 0 aliphatic carbocycles. The summed E-state index contributed by atoms with van der Waals surface area (Å²) in [5.74, 6) is 0.507. The molecular weight excluding hydrogens is 207 g/mol. The number of aryl methyl sites for hydroxylation is 1. The molecule has 2 N–H and O–H groups in total. The number of halogens is 1. The number of aromatic nitrogens is 1. The van der Waals surface area contributed by atoms with E-state index in [0.717, 1.165) is 5.56 Å². The van der Waals surface area contributed by atoms with Crippen LogP contribution in [0.3, 0.4) is 0 Å². The van der Waals surface area contributed by atoms with Crippen molar-refractivity contribution in [2.45, 2.75) is 19.9 Å². The molecule has 1 aromatic carbocycles. The van der Waals surface area contributed by atoms with Crippen LogP contribution in [0.2, 0.25) is 0 Å². The summed E-state index contributed by atoms with van der Waals surface area (Å²) in [5.41, 5.74) is 6.89. The van der Waals surface area contributed by atoms with Gasteiger partial charge in [0.15, 0.2) is 5.76 Å². The second-order valence-corrected chi connectivity index (χ2v) is 3.83. The summed E-state index contributed by atoms with van der Waals surface area (Å²) < 4.78 is 19.0. The zero-order chi connectivity index (χ0) is 11.7. The molecule has 3 nitrogen and oxygen atoms in total. The molecule has 16 heavy (non-hydrogen) atoms. The SMILES string of the molecule is Cc1ccc(-c2cnc(C(C)N)o2)c(F)c1. The highest BCUT2D eigenvalue weighted by molar-refractivity contribution is 5.57. The van der Waals surface area contributed by atoms with Crippen molar-refractivity contribution in [2.75, 3.05) is 0 Å². The van der Waals surface area contributed by atoms with E-state index in [1.807, 2.05) is 13.0 Å². The van der Waals surface area contributed by atoms with E-state index in [1.54, 1.807) is 13.0 Å². The third-order valence-corrected chi connectivity index (χ3v) is 2.30. The molecule has 2 rings (SSSR count). The monoisotopic (exact) mass is 220 g/mol. The van der Waals surface area contributed by atoms with Crippen molar-refractivity contribution in [2.24, 2.45) is 5.73 Å². The van der Waals surface area contributed by atoms with Gasteiger partial charge >= 0.3 is 0 Å². The Morgan fingerprint density at radius 1 is 1.44 bits per heavy atom. The maximum absolute atomic E-state index is 13.6. The minimum absolute atomic E-state index is 0.290. The standard InChI is InChI=1S/C12H13FN2O/c1-7-3-4-9(10(13)5-7)11-6-15-12(16-11)8(2)14/h3-6,8H,14H2,1-2H3. The summed E-state index contributed by atoms with van der Waals surface area (Å²) in [4.78, 5) is 4.00. The second-order valence-electron chi connectivity index (χ2n) is 3.83. The average molecular weight is 220 g/mol. The smallest absolute Gasteiger partial charge is 0.211 e. The van der Waals surface area contributed by atoms with Gasteiger partial charge in [0, 0.05) is 0 Å². The number of oxazole rings is 1. The van der Waals surface area contributed by atoms with Crippen LogP contribution in [0, 0.1) is 12.7 Å². The van der Waals surface area contributed by atoms with E-state index >= 15 is 0 Å². The normalized spacial score (nSPS) is 12.8. The molecule has 1 unspecified atom stereocenters. The molecule has 1 aromatic heterocycles. The lowest BCUT2D eigenvalue weighted by molar-refractivity contribution is 0.471. The molecule has 0 aliphatic heterocycles. The lowest BCUT2D eigenvalue weighted by Gasteiger charge is -2.01. The van der Waals surface area contributed by atoms with Crippen LogP contribution < -0.4 is 5.73 Å². The number of hydrogen-bond acceptors (Lipinski definition) is 3. The molecule has 4 heteroatoms. The van der Waals surface area contributed by atoms with E-state index in [1.165, 1.54) is 12.3 Å². The van der Waals surface area contributed by atoms with Gasteiger partial charge < -0.3 is 10.2 Å². The van der Waals surface area contributed by atoms with Crippen LogP contribution in [0.5, 0.6) is 0 Å². The van der Waals surface area contributed by atoms with Crippen LogP contribution in [-0.4, -0.2) is 4.98 Å². The Morgan fingerprint density at radius 3 is 2.75 bits per heavy atom. The molecule has 2 aromatic rings. The zero-order valence-corrected chi connectivity index (χ0v) is 9.20. The predicted octanol–water partition coefficient (Wildman–Crippen LogP) is 2.81. The summed E-state index contributed by atoms with van der Waals surface area (Å²) in [6.07, 6.45) is 1.49. The van der Waals surface area contributed by atoms with Gasteiger partial charge in [0.05, 0.1) is 17.8 Å². The fourth-order valence-corrected chi connectivity index (χ4v) is 1.44. The number of rotatable bonds is 2. The predicted molar refractivity (Wildman–Crippen MR) is 59.2 cm³/mol. The summed E-state index contributed by atoms with van der Waals surface area (Å²) in [6, 6.07) is 4.67. The number of benzene rings is 1. The van der Waals surface area contributed by atoms with Gasteiger partial charge in [-0.15, -0.1) is 0 Å². The molecule has 0 saturated carbocycles. The van der Waals surface area contributed by atoms with Gasteiger partial charge in [-0.2, -0.15) is 0 Å². The second kappa shape index (κ2) is 4.06. The first-order chi connectivity index (χ1) is 7.58. The Hall–Kier alpha value is -1.68. The number of nitrogens with two attached hydrogens (primary N) is 1. The molecule has 0 amide bonds. The first-order valence-corrected chi connectivity index (χ1v) is 5.06. The summed E-state index contributed by atoms with van der Waals surface area (Å²) in [7, 11) is 0. The van der Waals surface area contributed by atoms with Gasteiger partial charge in [0.1, 0.15) is 5.82 Å². The molecule has 0 radical (unpaired) electrons. The fourth-order valence-electron chi connectivity index (χ4n) is 1.44. The van der Waals surface area contributed by atoms with Crippen molar-refractivity contribution in [1.82, 2.24) is 4.98 Å². The third-order valence-electron chi connectivity index (χ3n) is 2.30. The topological polar surface area (TPSA) is 52.0 Å². The van der Waals surface area contributed by atoms with E-state index in [4.69, 9.17) is 10.2 Å². The van der Waals surface area contributed by atoms with Crippen LogP contribution >= 0.6 is 0 Å². The quantitative estimate of drug-likeness (QED) is 0.846. The lowest BCUT2D eigenvalue weighted by Crippen LogP contribution is -2.04. The first-order valence-electron chi connectivity index (χ1n) is 5.06. The van der Waals surface area contributed by atoms with Crippen LogP contribution in [0.25, 0.3) is 11.3 Å². The van der Waals surface area contributed by atoms with Crippen LogP contribution in [0.15, 0.2) is 28.8 Å². The molecular formula is C12H13FN2O. The first kappa shape index (κ1) is 10.8. The van der Waals surface area contributed by atoms with Gasteiger partial charge in [-0.3, -0.25) is 0 Å². The van der Waals surface area contributed by atoms with Crippen molar-refractivity contribution in [3.63, 3.8) is 0 Å². The summed E-state index contributed by atoms with van der Waals surface area (Å²) in [6.45, 7) is 3.60. The Labute approximate surface area is 93.1 Å². The van der Waals surface area contributed by atoms with Crippen LogP contribution in [0.4, 0.5) is 4.39 Å². The van der Waals surface area contributed by atoms with E-state index in [0.29, 0.717) is 17.2 Å². The van der Waals surface area contributed by atoms with E-state index in [9.17, 15) is 4.39 Å². The highest BCUT2D eigenvalue weighted by Crippen LogP contribution is 2.25. The van der Waals surface area contributed by atoms with E-state index in [-0.39, 0.29) is 11.9 Å². The van der Waals surface area contributed by atoms with Gasteiger partial charge in [0.2, 0.25) is 5.89 Å². The molecule has 0 saturated heterocycles. The number of nitrogens with zero attached hydrogens (tertiary/aromatic N) is 1. The molecule has 1 heterocycles. The fraction of sp³-hybridized carbons (Fsp3) is 0.250. The van der Waals surface area contributed by atoms with Crippen molar-refractivity contribution in [1.29, 1.82) is 0 Å². The van der Waals surface area contributed by atoms with Crippen molar-refractivity contribution in [3.05, 3.63) is 41.7 Å².